The van der Waals surface area contributed by atoms with E-state index in [1.165, 1.54) is 12.1 Å². The average molecular weight is 461 g/mol. The molecule has 0 heterocycles. The van der Waals surface area contributed by atoms with Gasteiger partial charge in [0.05, 0.1) is 10.0 Å². The van der Waals surface area contributed by atoms with Crippen LogP contribution in [0.3, 0.4) is 0 Å². The molecule has 1 aromatic carbocycles. The van der Waals surface area contributed by atoms with Crippen LogP contribution in [0.5, 0.6) is 11.5 Å². The van der Waals surface area contributed by atoms with Crippen molar-refractivity contribution in [1.29, 1.82) is 0 Å². The van der Waals surface area contributed by atoms with Crippen molar-refractivity contribution >= 4 is 35.0 Å². The summed E-state index contributed by atoms with van der Waals surface area (Å²) in [6.07, 6.45) is 0. The Morgan fingerprint density at radius 2 is 1.00 bits per heavy atom. The lowest BCUT2D eigenvalue weighted by Crippen LogP contribution is -2.44. The number of rotatable bonds is 10. The van der Waals surface area contributed by atoms with Gasteiger partial charge in [-0.3, -0.25) is 9.59 Å². The van der Waals surface area contributed by atoms with Crippen molar-refractivity contribution in [3.63, 3.8) is 0 Å². The van der Waals surface area contributed by atoms with E-state index in [0.717, 1.165) is 0 Å². The van der Waals surface area contributed by atoms with Crippen molar-refractivity contribution in [1.82, 2.24) is 9.80 Å². The average Bonchev–Trinajstić information content (AvgIpc) is 2.58. The van der Waals surface area contributed by atoms with Crippen LogP contribution in [0.15, 0.2) is 12.1 Å². The molecule has 0 aliphatic heterocycles. The summed E-state index contributed by atoms with van der Waals surface area (Å²) in [4.78, 5) is 28.5. The minimum atomic E-state index is -0.162. The number of carbonyl (C=O) groups is 2. The molecule has 0 aliphatic rings. The molecule has 0 spiro atoms. The molecule has 170 valence electrons. The number of nitrogens with zero attached hydrogens (tertiary/aromatic N) is 2. The Morgan fingerprint density at radius 1 is 0.700 bits per heavy atom. The molecule has 0 fully saturated rings. The van der Waals surface area contributed by atoms with E-state index in [1.807, 2.05) is 55.4 Å². The van der Waals surface area contributed by atoms with Crippen LogP contribution >= 0.6 is 23.2 Å². The van der Waals surface area contributed by atoms with Gasteiger partial charge in [0, 0.05) is 30.2 Å². The maximum atomic E-state index is 12.5. The summed E-state index contributed by atoms with van der Waals surface area (Å²) < 4.78 is 11.3. The highest BCUT2D eigenvalue weighted by Gasteiger charge is 2.23. The monoisotopic (exact) mass is 460 g/mol. The van der Waals surface area contributed by atoms with Gasteiger partial charge >= 0.3 is 0 Å². The summed E-state index contributed by atoms with van der Waals surface area (Å²) in [5.41, 5.74) is 0. The Bertz CT molecular complexity index is 663. The van der Waals surface area contributed by atoms with Crippen LogP contribution in [-0.2, 0) is 9.59 Å². The molecule has 0 aliphatic carbocycles. The van der Waals surface area contributed by atoms with Crippen LogP contribution in [-0.4, -0.2) is 59.0 Å². The van der Waals surface area contributed by atoms with Gasteiger partial charge in [-0.25, -0.2) is 0 Å². The molecule has 6 nitrogen and oxygen atoms in total. The van der Waals surface area contributed by atoms with E-state index in [1.54, 1.807) is 9.80 Å². The maximum Gasteiger partial charge on any atom is 0.260 e. The van der Waals surface area contributed by atoms with Crippen molar-refractivity contribution in [2.45, 2.75) is 79.6 Å². The minimum absolute atomic E-state index is 0.0524. The van der Waals surface area contributed by atoms with Crippen LogP contribution < -0.4 is 9.47 Å². The normalized spacial score (nSPS) is 11.4. The summed E-state index contributed by atoms with van der Waals surface area (Å²) in [7, 11) is 0. The number of carbonyl (C=O) groups excluding carboxylic acids is 2. The van der Waals surface area contributed by atoms with Gasteiger partial charge in [0.1, 0.15) is 11.5 Å². The summed E-state index contributed by atoms with van der Waals surface area (Å²) in [6, 6.07) is 3.20. The minimum Gasteiger partial charge on any atom is -0.482 e. The first-order chi connectivity index (χ1) is 13.9. The van der Waals surface area contributed by atoms with Crippen molar-refractivity contribution in [2.24, 2.45) is 0 Å². The zero-order valence-corrected chi connectivity index (χ0v) is 20.7. The van der Waals surface area contributed by atoms with Crippen molar-refractivity contribution < 1.29 is 19.1 Å². The van der Waals surface area contributed by atoms with Gasteiger partial charge in [0.2, 0.25) is 0 Å². The molecule has 30 heavy (non-hydrogen) atoms. The van der Waals surface area contributed by atoms with Gasteiger partial charge in [-0.1, -0.05) is 23.2 Å². The van der Waals surface area contributed by atoms with Crippen LogP contribution in [0.25, 0.3) is 0 Å². The van der Waals surface area contributed by atoms with Gasteiger partial charge in [-0.15, -0.1) is 0 Å². The lowest BCUT2D eigenvalue weighted by molar-refractivity contribution is -0.137. The summed E-state index contributed by atoms with van der Waals surface area (Å²) in [5.74, 6) is 0.254. The number of hydrogen-bond acceptors (Lipinski definition) is 4. The fourth-order valence-electron chi connectivity index (χ4n) is 3.50. The van der Waals surface area contributed by atoms with Crippen LogP contribution in [0.2, 0.25) is 10.0 Å². The Labute approximate surface area is 190 Å². The molecule has 0 aromatic heterocycles. The molecule has 0 radical (unpaired) electrons. The Balaban J connectivity index is 2.90. The zero-order valence-electron chi connectivity index (χ0n) is 19.2. The molecule has 0 saturated heterocycles. The molecular weight excluding hydrogens is 427 g/mol. The predicted octanol–water partition coefficient (Wildman–Crippen LogP) is 5.04. The smallest absolute Gasteiger partial charge is 0.260 e. The fraction of sp³-hybridized carbons (Fsp3) is 0.636. The topological polar surface area (TPSA) is 59.1 Å². The van der Waals surface area contributed by atoms with Gasteiger partial charge in [-0.05, 0) is 61.5 Å². The Kier molecular flexibility index (Phi) is 10.2. The van der Waals surface area contributed by atoms with E-state index in [0.29, 0.717) is 0 Å². The number of benzene rings is 1. The van der Waals surface area contributed by atoms with E-state index in [9.17, 15) is 9.59 Å². The second-order valence-electron chi connectivity index (χ2n) is 8.27. The summed E-state index contributed by atoms with van der Waals surface area (Å²) >= 11 is 12.4. The molecule has 8 heteroatoms. The largest absolute Gasteiger partial charge is 0.482 e. The molecule has 1 rings (SSSR count). The second kappa shape index (κ2) is 11.7. The van der Waals surface area contributed by atoms with E-state index in [4.69, 9.17) is 32.7 Å². The van der Waals surface area contributed by atoms with Crippen molar-refractivity contribution in [2.75, 3.05) is 13.2 Å². The quantitative estimate of drug-likeness (QED) is 0.490. The number of halogens is 2. The molecule has 1 aromatic rings. The molecule has 2 amide bonds. The zero-order chi connectivity index (χ0) is 23.2. The first-order valence-electron chi connectivity index (χ1n) is 10.2. The lowest BCUT2D eigenvalue weighted by Gasteiger charge is -2.31. The number of amides is 2. The van der Waals surface area contributed by atoms with Crippen LogP contribution in [0.1, 0.15) is 55.4 Å². The Hall–Kier alpha value is -1.66. The first-order valence-corrected chi connectivity index (χ1v) is 11.0. The highest BCUT2D eigenvalue weighted by molar-refractivity contribution is 6.36. The van der Waals surface area contributed by atoms with E-state index in [-0.39, 0.29) is 70.7 Å². The molecule has 0 saturated carbocycles. The third kappa shape index (κ3) is 7.24. The molecule has 0 atom stereocenters. The predicted molar refractivity (Wildman–Crippen MR) is 122 cm³/mol. The highest BCUT2D eigenvalue weighted by atomic mass is 35.5. The van der Waals surface area contributed by atoms with Gasteiger partial charge < -0.3 is 19.3 Å². The lowest BCUT2D eigenvalue weighted by atomic mass is 10.2. The van der Waals surface area contributed by atoms with Gasteiger partial charge in [-0.2, -0.15) is 0 Å². The molecular formula is C22H34Cl2N2O4. The molecule has 0 bridgehead atoms. The Morgan fingerprint density at radius 3 is 1.27 bits per heavy atom. The first kappa shape index (κ1) is 26.4. The molecule has 0 N–H and O–H groups in total. The van der Waals surface area contributed by atoms with E-state index >= 15 is 0 Å². The van der Waals surface area contributed by atoms with E-state index < -0.39 is 0 Å². The van der Waals surface area contributed by atoms with Crippen molar-refractivity contribution in [3.8, 4) is 11.5 Å². The van der Waals surface area contributed by atoms with Crippen LogP contribution in [0, 0.1) is 0 Å². The summed E-state index contributed by atoms with van der Waals surface area (Å²) in [5, 5.41) is 0.524. The standard InChI is InChI=1S/C22H34Cl2N2O4/c1-13(2)25(14(3)4)21(27)11-29-19-10-20(18(24)9-17(19)23)30-12-22(28)26(15(5)6)16(7)8/h9-10,13-16H,11-12H2,1-8H3. The third-order valence-corrected chi connectivity index (χ3v) is 5.08. The van der Waals surface area contributed by atoms with E-state index in [2.05, 4.69) is 0 Å². The second-order valence-corrected chi connectivity index (χ2v) is 9.08. The SMILES string of the molecule is CC(C)N(C(=O)COc1cc(OCC(=O)N(C(C)C)C(C)C)c(Cl)cc1Cl)C(C)C. The number of ether oxygens (including phenoxy) is 2. The van der Waals surface area contributed by atoms with Crippen LogP contribution in [0.4, 0.5) is 0 Å². The van der Waals surface area contributed by atoms with Crippen molar-refractivity contribution in [3.05, 3.63) is 22.2 Å². The van der Waals surface area contributed by atoms with Gasteiger partial charge in [0.15, 0.2) is 13.2 Å². The fourth-order valence-corrected chi connectivity index (χ4v) is 4.00. The third-order valence-electron chi connectivity index (χ3n) is 4.49. The number of hydrogen-bond donors (Lipinski definition) is 0. The molecule has 0 unspecified atom stereocenters. The maximum absolute atomic E-state index is 12.5. The highest BCUT2D eigenvalue weighted by Crippen LogP contribution is 2.36. The summed E-state index contributed by atoms with van der Waals surface area (Å²) in [6.45, 7) is 15.3. The van der Waals surface area contributed by atoms with Gasteiger partial charge in [0.25, 0.3) is 11.8 Å².